The van der Waals surface area contributed by atoms with Crippen molar-refractivity contribution in [3.63, 3.8) is 0 Å². The molecular formula is C11H15N3O. The molecule has 1 aliphatic heterocycles. The highest BCUT2D eigenvalue weighted by Crippen LogP contribution is 2.11. The highest BCUT2D eigenvalue weighted by molar-refractivity contribution is 5.16. The number of rotatable bonds is 3. The first-order valence-electron chi connectivity index (χ1n) is 4.98. The monoisotopic (exact) mass is 205 g/mol. The first-order valence-corrected chi connectivity index (χ1v) is 4.98. The molecule has 80 valence electrons. The summed E-state index contributed by atoms with van der Waals surface area (Å²) in [5.74, 6) is 0.398. The maximum absolute atomic E-state index is 5.49. The molecule has 15 heavy (non-hydrogen) atoms. The zero-order chi connectivity index (χ0) is 10.7. The second-order valence-corrected chi connectivity index (χ2v) is 3.67. The Morgan fingerprint density at radius 3 is 2.73 bits per heavy atom. The van der Waals surface area contributed by atoms with Gasteiger partial charge in [0.05, 0.1) is 6.20 Å². The topological polar surface area (TPSA) is 50.5 Å². The second-order valence-electron chi connectivity index (χ2n) is 3.67. The van der Waals surface area contributed by atoms with Gasteiger partial charge in [-0.3, -0.25) is 5.01 Å². The van der Waals surface area contributed by atoms with Crippen LogP contribution in [0.25, 0.3) is 0 Å². The van der Waals surface area contributed by atoms with Gasteiger partial charge in [-0.15, -0.1) is 0 Å². The van der Waals surface area contributed by atoms with Crippen molar-refractivity contribution in [2.24, 2.45) is 5.73 Å². The first kappa shape index (κ1) is 9.86. The SMILES string of the molecule is C[C@H](Cc1ccccc1)N1C=C(N)ON1. The number of hydrogen-bond acceptors (Lipinski definition) is 4. The molecule has 0 aliphatic carbocycles. The Balaban J connectivity index is 1.96. The van der Waals surface area contributed by atoms with E-state index in [2.05, 4.69) is 24.6 Å². The van der Waals surface area contributed by atoms with E-state index in [1.54, 1.807) is 6.20 Å². The van der Waals surface area contributed by atoms with E-state index in [-0.39, 0.29) is 0 Å². The van der Waals surface area contributed by atoms with Crippen molar-refractivity contribution in [3.8, 4) is 0 Å². The first-order chi connectivity index (χ1) is 7.25. The van der Waals surface area contributed by atoms with Crippen molar-refractivity contribution in [2.75, 3.05) is 0 Å². The normalized spacial score (nSPS) is 17.1. The third kappa shape index (κ3) is 2.41. The third-order valence-electron chi connectivity index (χ3n) is 2.38. The fraction of sp³-hybridized carbons (Fsp3) is 0.273. The van der Waals surface area contributed by atoms with Gasteiger partial charge in [0.15, 0.2) is 0 Å². The summed E-state index contributed by atoms with van der Waals surface area (Å²) in [5.41, 5.74) is 9.53. The van der Waals surface area contributed by atoms with Crippen LogP contribution in [0, 0.1) is 0 Å². The second kappa shape index (κ2) is 4.23. The molecule has 0 spiro atoms. The minimum atomic E-state index is 0.299. The van der Waals surface area contributed by atoms with Gasteiger partial charge in [-0.05, 0) is 18.9 Å². The Labute approximate surface area is 89.2 Å². The average Bonchev–Trinajstić information content (AvgIpc) is 2.66. The van der Waals surface area contributed by atoms with E-state index >= 15 is 0 Å². The molecule has 1 atom stereocenters. The van der Waals surface area contributed by atoms with Gasteiger partial charge in [0.1, 0.15) is 0 Å². The smallest absolute Gasteiger partial charge is 0.229 e. The zero-order valence-electron chi connectivity index (χ0n) is 8.68. The largest absolute Gasteiger partial charge is 0.370 e. The molecule has 1 aromatic carbocycles. The highest BCUT2D eigenvalue weighted by atomic mass is 16.7. The zero-order valence-corrected chi connectivity index (χ0v) is 8.68. The van der Waals surface area contributed by atoms with Gasteiger partial charge in [-0.25, -0.2) is 0 Å². The fourth-order valence-corrected chi connectivity index (χ4v) is 1.57. The van der Waals surface area contributed by atoms with Gasteiger partial charge in [0, 0.05) is 6.04 Å². The van der Waals surface area contributed by atoms with Crippen LogP contribution in [0.15, 0.2) is 42.4 Å². The lowest BCUT2D eigenvalue weighted by atomic mass is 10.1. The number of benzene rings is 1. The molecule has 0 amide bonds. The Bertz CT molecular complexity index is 350. The molecule has 1 heterocycles. The fourth-order valence-electron chi connectivity index (χ4n) is 1.57. The molecule has 0 saturated heterocycles. The van der Waals surface area contributed by atoms with E-state index in [9.17, 15) is 0 Å². The summed E-state index contributed by atoms with van der Waals surface area (Å²) in [7, 11) is 0. The molecule has 3 N–H and O–H groups in total. The predicted molar refractivity (Wildman–Crippen MR) is 57.9 cm³/mol. The molecule has 4 heteroatoms. The maximum Gasteiger partial charge on any atom is 0.229 e. The van der Waals surface area contributed by atoms with Crippen LogP contribution in [0.4, 0.5) is 0 Å². The van der Waals surface area contributed by atoms with Crippen LogP contribution in [-0.2, 0) is 11.3 Å². The van der Waals surface area contributed by atoms with Crippen LogP contribution in [0.1, 0.15) is 12.5 Å². The van der Waals surface area contributed by atoms with E-state index in [4.69, 9.17) is 10.6 Å². The van der Waals surface area contributed by atoms with E-state index in [1.165, 1.54) is 5.56 Å². The van der Waals surface area contributed by atoms with Crippen molar-refractivity contribution < 1.29 is 4.84 Å². The van der Waals surface area contributed by atoms with Gasteiger partial charge in [0.2, 0.25) is 5.88 Å². The van der Waals surface area contributed by atoms with Crippen molar-refractivity contribution in [3.05, 3.63) is 48.0 Å². The quantitative estimate of drug-likeness (QED) is 0.776. The summed E-state index contributed by atoms with van der Waals surface area (Å²) in [6.07, 6.45) is 2.70. The van der Waals surface area contributed by atoms with E-state index in [0.717, 1.165) is 6.42 Å². The maximum atomic E-state index is 5.49. The number of hydrazine groups is 1. The van der Waals surface area contributed by atoms with Crippen LogP contribution >= 0.6 is 0 Å². The molecule has 0 bridgehead atoms. The minimum Gasteiger partial charge on any atom is -0.370 e. The van der Waals surface area contributed by atoms with E-state index in [1.807, 2.05) is 23.2 Å². The van der Waals surface area contributed by atoms with Crippen molar-refractivity contribution >= 4 is 0 Å². The lowest BCUT2D eigenvalue weighted by Gasteiger charge is -2.21. The van der Waals surface area contributed by atoms with Crippen LogP contribution in [-0.4, -0.2) is 11.1 Å². The van der Waals surface area contributed by atoms with Crippen molar-refractivity contribution in [1.82, 2.24) is 10.6 Å². The van der Waals surface area contributed by atoms with Crippen molar-refractivity contribution in [1.29, 1.82) is 0 Å². The molecule has 0 aromatic heterocycles. The number of nitrogens with one attached hydrogen (secondary N) is 1. The summed E-state index contributed by atoms with van der Waals surface area (Å²) < 4.78 is 0. The average molecular weight is 205 g/mol. The summed E-state index contributed by atoms with van der Waals surface area (Å²) in [6, 6.07) is 10.6. The summed E-state index contributed by atoms with van der Waals surface area (Å²) in [4.78, 5) is 4.94. The van der Waals surface area contributed by atoms with Gasteiger partial charge >= 0.3 is 0 Å². The molecule has 0 fully saturated rings. The molecule has 0 radical (unpaired) electrons. The Morgan fingerprint density at radius 2 is 2.13 bits per heavy atom. The molecule has 1 aromatic rings. The van der Waals surface area contributed by atoms with Crippen LogP contribution in [0.2, 0.25) is 0 Å². The standard InChI is InChI=1S/C11H15N3O/c1-9(14-8-11(12)15-13-14)7-10-5-3-2-4-6-10/h2-6,8-9,13H,7,12H2,1H3/t9-/m1/s1. The van der Waals surface area contributed by atoms with Crippen LogP contribution in [0.5, 0.6) is 0 Å². The number of nitrogens with two attached hydrogens (primary N) is 1. The van der Waals surface area contributed by atoms with Gasteiger partial charge in [-0.2, -0.15) is 0 Å². The highest BCUT2D eigenvalue weighted by Gasteiger charge is 2.17. The van der Waals surface area contributed by atoms with E-state index in [0.29, 0.717) is 11.9 Å². The molecule has 0 saturated carbocycles. The molecule has 2 rings (SSSR count). The predicted octanol–water partition coefficient (Wildman–Crippen LogP) is 1.13. The molecule has 4 nitrogen and oxygen atoms in total. The Hall–Kier alpha value is -1.68. The third-order valence-corrected chi connectivity index (χ3v) is 2.38. The Kier molecular flexibility index (Phi) is 2.78. The summed E-state index contributed by atoms with van der Waals surface area (Å²) in [6.45, 7) is 2.11. The van der Waals surface area contributed by atoms with Gasteiger partial charge in [0.25, 0.3) is 0 Å². The molecule has 1 aliphatic rings. The van der Waals surface area contributed by atoms with Crippen LogP contribution < -0.4 is 11.3 Å². The van der Waals surface area contributed by atoms with Gasteiger partial charge in [-0.1, -0.05) is 35.9 Å². The van der Waals surface area contributed by atoms with Gasteiger partial charge < -0.3 is 10.6 Å². The number of nitrogens with zero attached hydrogens (tertiary/aromatic N) is 1. The lowest BCUT2D eigenvalue weighted by Crippen LogP contribution is -2.37. The lowest BCUT2D eigenvalue weighted by molar-refractivity contribution is 0.00182. The van der Waals surface area contributed by atoms with Crippen LogP contribution in [0.3, 0.4) is 0 Å². The number of hydrogen-bond donors (Lipinski definition) is 2. The van der Waals surface area contributed by atoms with E-state index < -0.39 is 0 Å². The molecular weight excluding hydrogens is 190 g/mol. The summed E-state index contributed by atoms with van der Waals surface area (Å²) in [5, 5.41) is 1.86. The minimum absolute atomic E-state index is 0.299. The summed E-state index contributed by atoms with van der Waals surface area (Å²) >= 11 is 0. The Morgan fingerprint density at radius 1 is 1.40 bits per heavy atom. The van der Waals surface area contributed by atoms with Crippen molar-refractivity contribution in [2.45, 2.75) is 19.4 Å². The molecule has 0 unspecified atom stereocenters.